The van der Waals surface area contributed by atoms with E-state index in [1.54, 1.807) is 0 Å². The molecule has 0 amide bonds. The Morgan fingerprint density at radius 2 is 2.12 bits per heavy atom. The van der Waals surface area contributed by atoms with Gasteiger partial charge in [-0.15, -0.1) is 0 Å². The molecule has 1 aliphatic carbocycles. The molecule has 3 unspecified atom stereocenters. The van der Waals surface area contributed by atoms with E-state index in [0.29, 0.717) is 10.8 Å². The first-order valence-corrected chi connectivity index (χ1v) is 7.30. The molecule has 1 saturated carbocycles. The van der Waals surface area contributed by atoms with Crippen LogP contribution in [0.1, 0.15) is 24.8 Å². The van der Waals surface area contributed by atoms with Crippen molar-refractivity contribution in [2.24, 2.45) is 5.73 Å². The summed E-state index contributed by atoms with van der Waals surface area (Å²) < 4.78 is 12.1. The molecule has 3 atom stereocenters. The second-order valence-corrected chi connectivity index (χ2v) is 6.31. The molecule has 0 heterocycles. The number of hydrogen-bond acceptors (Lipinski definition) is 2. The van der Waals surface area contributed by atoms with E-state index in [-0.39, 0.29) is 11.3 Å². The van der Waals surface area contributed by atoms with Gasteiger partial charge in [-0.25, -0.2) is 0 Å². The van der Waals surface area contributed by atoms with Gasteiger partial charge in [0.2, 0.25) is 0 Å². The summed E-state index contributed by atoms with van der Waals surface area (Å²) in [5.74, 6) is 0.526. The van der Waals surface area contributed by atoms with Gasteiger partial charge in [0.05, 0.1) is 11.0 Å². The van der Waals surface area contributed by atoms with Crippen LogP contribution in [0.2, 0.25) is 5.02 Å². The van der Waals surface area contributed by atoms with Gasteiger partial charge < -0.3 is 5.73 Å². The van der Waals surface area contributed by atoms with Crippen LogP contribution in [0.5, 0.6) is 0 Å². The first-order valence-electron chi connectivity index (χ1n) is 5.54. The normalized spacial score (nSPS) is 26.9. The van der Waals surface area contributed by atoms with E-state index in [1.165, 1.54) is 0 Å². The van der Waals surface area contributed by atoms with E-state index in [4.69, 9.17) is 17.3 Å². The lowest BCUT2D eigenvalue weighted by Crippen LogP contribution is -2.33. The molecule has 0 radical (unpaired) electrons. The van der Waals surface area contributed by atoms with E-state index in [9.17, 15) is 4.21 Å². The van der Waals surface area contributed by atoms with Gasteiger partial charge in [0.1, 0.15) is 0 Å². The zero-order chi connectivity index (χ0) is 11.5. The molecule has 0 spiro atoms. The van der Waals surface area contributed by atoms with Crippen LogP contribution in [-0.2, 0) is 16.6 Å². The van der Waals surface area contributed by atoms with Crippen molar-refractivity contribution in [3.05, 3.63) is 34.9 Å². The van der Waals surface area contributed by atoms with Crippen LogP contribution < -0.4 is 5.73 Å². The van der Waals surface area contributed by atoms with Crippen molar-refractivity contribution in [1.29, 1.82) is 0 Å². The smallest absolute Gasteiger partial charge is 0.0503 e. The summed E-state index contributed by atoms with van der Waals surface area (Å²) in [4.78, 5) is 0. The molecule has 0 aromatic heterocycles. The average Bonchev–Trinajstić information content (AvgIpc) is 2.68. The fourth-order valence-corrected chi connectivity index (χ4v) is 4.17. The Bertz CT molecular complexity index is 396. The number of rotatable bonds is 3. The predicted molar refractivity (Wildman–Crippen MR) is 68.9 cm³/mol. The Hall–Kier alpha value is -0.380. The van der Waals surface area contributed by atoms with E-state index in [1.807, 2.05) is 24.3 Å². The van der Waals surface area contributed by atoms with E-state index in [0.717, 1.165) is 24.8 Å². The first-order chi connectivity index (χ1) is 7.68. The second-order valence-electron chi connectivity index (χ2n) is 4.25. The average molecular weight is 258 g/mol. The second kappa shape index (κ2) is 5.30. The number of hydrogen-bond donors (Lipinski definition) is 1. The topological polar surface area (TPSA) is 43.1 Å². The Balaban J connectivity index is 2.05. The zero-order valence-corrected chi connectivity index (χ0v) is 10.6. The van der Waals surface area contributed by atoms with Crippen LogP contribution in [0, 0.1) is 0 Å². The summed E-state index contributed by atoms with van der Waals surface area (Å²) in [6, 6.07) is 7.68. The van der Waals surface area contributed by atoms with Crippen molar-refractivity contribution >= 4 is 22.4 Å². The minimum atomic E-state index is -0.896. The molecule has 88 valence electrons. The molecule has 1 aromatic rings. The molecular formula is C12H16ClNOS. The maximum atomic E-state index is 12.1. The summed E-state index contributed by atoms with van der Waals surface area (Å²) in [5, 5.41) is 0.846. The fourth-order valence-electron chi connectivity index (χ4n) is 2.16. The van der Waals surface area contributed by atoms with Gasteiger partial charge in [-0.05, 0) is 24.5 Å². The van der Waals surface area contributed by atoms with Gasteiger partial charge in [0.25, 0.3) is 0 Å². The third-order valence-electron chi connectivity index (χ3n) is 3.10. The van der Waals surface area contributed by atoms with Crippen molar-refractivity contribution < 1.29 is 4.21 Å². The first kappa shape index (κ1) is 12.1. The number of halogens is 1. The number of nitrogens with two attached hydrogens (primary N) is 1. The third kappa shape index (κ3) is 2.65. The van der Waals surface area contributed by atoms with E-state index < -0.39 is 10.8 Å². The SMILES string of the molecule is NC1CCCC1S(=O)Cc1ccccc1Cl. The van der Waals surface area contributed by atoms with Crippen LogP contribution in [0.3, 0.4) is 0 Å². The van der Waals surface area contributed by atoms with Gasteiger partial charge in [0, 0.05) is 21.9 Å². The monoisotopic (exact) mass is 257 g/mol. The van der Waals surface area contributed by atoms with Gasteiger partial charge in [-0.1, -0.05) is 36.2 Å². The lowest BCUT2D eigenvalue weighted by molar-refractivity contribution is 0.648. The molecule has 2 N–H and O–H groups in total. The molecule has 0 saturated heterocycles. The maximum Gasteiger partial charge on any atom is 0.0503 e. The highest BCUT2D eigenvalue weighted by molar-refractivity contribution is 7.84. The maximum absolute atomic E-state index is 12.1. The summed E-state index contributed by atoms with van der Waals surface area (Å²) in [7, 11) is -0.896. The van der Waals surface area contributed by atoms with Gasteiger partial charge in [-0.3, -0.25) is 4.21 Å². The van der Waals surface area contributed by atoms with Crippen molar-refractivity contribution in [3.63, 3.8) is 0 Å². The van der Waals surface area contributed by atoms with Crippen molar-refractivity contribution in [2.45, 2.75) is 36.3 Å². The van der Waals surface area contributed by atoms with Gasteiger partial charge in [-0.2, -0.15) is 0 Å². The molecule has 2 nitrogen and oxygen atoms in total. The van der Waals surface area contributed by atoms with Crippen molar-refractivity contribution in [3.8, 4) is 0 Å². The quantitative estimate of drug-likeness (QED) is 0.904. The summed E-state index contributed by atoms with van der Waals surface area (Å²) >= 11 is 6.05. The highest BCUT2D eigenvalue weighted by atomic mass is 35.5. The number of benzene rings is 1. The molecule has 0 bridgehead atoms. The Morgan fingerprint density at radius 3 is 2.75 bits per heavy atom. The molecule has 2 rings (SSSR count). The molecule has 1 aliphatic rings. The predicted octanol–water partition coefficient (Wildman–Crippen LogP) is 2.47. The zero-order valence-electron chi connectivity index (χ0n) is 9.06. The Labute approximate surface area is 104 Å². The molecule has 1 aromatic carbocycles. The fraction of sp³-hybridized carbons (Fsp3) is 0.500. The standard InChI is InChI=1S/C12H16ClNOS/c13-10-5-2-1-4-9(10)8-16(15)12-7-3-6-11(12)14/h1-2,4-5,11-12H,3,6-8,14H2. The van der Waals surface area contributed by atoms with E-state index in [2.05, 4.69) is 0 Å². The Morgan fingerprint density at radius 1 is 1.38 bits per heavy atom. The molecule has 4 heteroatoms. The van der Waals surface area contributed by atoms with Crippen LogP contribution >= 0.6 is 11.6 Å². The van der Waals surface area contributed by atoms with Crippen LogP contribution in [0.15, 0.2) is 24.3 Å². The minimum Gasteiger partial charge on any atom is -0.327 e. The highest BCUT2D eigenvalue weighted by Gasteiger charge is 2.29. The summed E-state index contributed by atoms with van der Waals surface area (Å²) in [6.07, 6.45) is 3.08. The van der Waals surface area contributed by atoms with E-state index >= 15 is 0 Å². The van der Waals surface area contributed by atoms with Gasteiger partial charge >= 0.3 is 0 Å². The molecule has 0 aliphatic heterocycles. The largest absolute Gasteiger partial charge is 0.327 e. The molecule has 16 heavy (non-hydrogen) atoms. The lowest BCUT2D eigenvalue weighted by atomic mass is 10.2. The van der Waals surface area contributed by atoms with Crippen LogP contribution in [-0.4, -0.2) is 15.5 Å². The minimum absolute atomic E-state index is 0.100. The molecular weight excluding hydrogens is 242 g/mol. The van der Waals surface area contributed by atoms with Gasteiger partial charge in [0.15, 0.2) is 0 Å². The lowest BCUT2D eigenvalue weighted by Gasteiger charge is -2.15. The third-order valence-corrected chi connectivity index (χ3v) is 5.32. The van der Waals surface area contributed by atoms with Crippen molar-refractivity contribution in [1.82, 2.24) is 0 Å². The van der Waals surface area contributed by atoms with Crippen LogP contribution in [0.25, 0.3) is 0 Å². The highest BCUT2D eigenvalue weighted by Crippen LogP contribution is 2.25. The van der Waals surface area contributed by atoms with Crippen molar-refractivity contribution in [2.75, 3.05) is 0 Å². The summed E-state index contributed by atoms with van der Waals surface area (Å²) in [5.41, 5.74) is 6.91. The van der Waals surface area contributed by atoms with Crippen LogP contribution in [0.4, 0.5) is 0 Å². The Kier molecular flexibility index (Phi) is 4.00. The summed E-state index contributed by atoms with van der Waals surface area (Å²) in [6.45, 7) is 0. The molecule has 1 fully saturated rings.